The van der Waals surface area contributed by atoms with E-state index in [0.29, 0.717) is 17.4 Å². The molecule has 0 aliphatic heterocycles. The van der Waals surface area contributed by atoms with E-state index in [9.17, 15) is 4.79 Å². The summed E-state index contributed by atoms with van der Waals surface area (Å²) in [6, 6.07) is 6.86. The Morgan fingerprint density at radius 1 is 1.10 bits per heavy atom. The first-order valence-electron chi connectivity index (χ1n) is 7.86. The molecule has 5 rings (SSSR count). The third-order valence-electron chi connectivity index (χ3n) is 5.40. The van der Waals surface area contributed by atoms with Crippen LogP contribution < -0.4 is 5.43 Å². The summed E-state index contributed by atoms with van der Waals surface area (Å²) in [7, 11) is 0. The standard InChI is InChI=1S/C17H20N2O2/c20-17(21)12-2-1-3-15(9-12)18-19-16-13-5-10-4-11(7-13)8-14(16)6-10/h1-3,9-11,13-14,18H,4-8H2,(H,20,21). The van der Waals surface area contributed by atoms with Crippen LogP contribution in [0.4, 0.5) is 5.69 Å². The number of aromatic carboxylic acids is 1. The Balaban J connectivity index is 1.53. The minimum absolute atomic E-state index is 0.297. The average molecular weight is 284 g/mol. The molecule has 4 heteroatoms. The van der Waals surface area contributed by atoms with Crippen molar-refractivity contribution >= 4 is 17.4 Å². The number of hydrogen-bond acceptors (Lipinski definition) is 3. The lowest BCUT2D eigenvalue weighted by Crippen LogP contribution is -2.45. The maximum atomic E-state index is 11.0. The molecule has 1 aromatic rings. The summed E-state index contributed by atoms with van der Waals surface area (Å²) in [5.74, 6) is 2.29. The molecule has 4 saturated carbocycles. The van der Waals surface area contributed by atoms with Gasteiger partial charge in [-0.25, -0.2) is 4.79 Å². The first-order chi connectivity index (χ1) is 10.2. The lowest BCUT2D eigenvalue weighted by molar-refractivity contribution is 0.0697. The van der Waals surface area contributed by atoms with E-state index in [1.54, 1.807) is 18.2 Å². The smallest absolute Gasteiger partial charge is 0.335 e. The van der Waals surface area contributed by atoms with E-state index in [0.717, 1.165) is 17.5 Å². The average Bonchev–Trinajstić information content (AvgIpc) is 2.46. The molecular formula is C17H20N2O2. The number of nitrogens with zero attached hydrogens (tertiary/aromatic N) is 1. The predicted octanol–water partition coefficient (Wildman–Crippen LogP) is 3.61. The van der Waals surface area contributed by atoms with Crippen LogP contribution in [0.15, 0.2) is 29.4 Å². The molecule has 4 fully saturated rings. The number of benzene rings is 1. The maximum absolute atomic E-state index is 11.0. The van der Waals surface area contributed by atoms with E-state index >= 15 is 0 Å². The Kier molecular flexibility index (Phi) is 2.98. The van der Waals surface area contributed by atoms with Gasteiger partial charge < -0.3 is 5.11 Å². The third kappa shape index (κ3) is 2.33. The summed E-state index contributed by atoms with van der Waals surface area (Å²) >= 11 is 0. The molecule has 4 aliphatic rings. The lowest BCUT2D eigenvalue weighted by atomic mass is 9.55. The largest absolute Gasteiger partial charge is 0.478 e. The first-order valence-corrected chi connectivity index (χ1v) is 7.86. The van der Waals surface area contributed by atoms with Crippen molar-refractivity contribution in [2.45, 2.75) is 32.1 Å². The number of carboxylic acid groups (broad SMARTS) is 1. The molecule has 0 saturated heterocycles. The van der Waals surface area contributed by atoms with Gasteiger partial charge >= 0.3 is 5.97 Å². The molecule has 4 nitrogen and oxygen atoms in total. The Hall–Kier alpha value is -1.84. The molecule has 1 aromatic carbocycles. The van der Waals surface area contributed by atoms with Gasteiger partial charge in [0.05, 0.1) is 11.3 Å². The molecule has 0 amide bonds. The molecular weight excluding hydrogens is 264 g/mol. The number of rotatable bonds is 3. The van der Waals surface area contributed by atoms with Gasteiger partial charge in [0, 0.05) is 5.71 Å². The van der Waals surface area contributed by atoms with Crippen molar-refractivity contribution in [3.8, 4) is 0 Å². The fraction of sp³-hybridized carbons (Fsp3) is 0.529. The molecule has 0 atom stereocenters. The molecule has 0 aromatic heterocycles. The second kappa shape index (κ2) is 4.86. The second-order valence-corrected chi connectivity index (χ2v) is 6.84. The van der Waals surface area contributed by atoms with Crippen LogP contribution in [-0.2, 0) is 0 Å². The Bertz CT molecular complexity index is 579. The molecule has 110 valence electrons. The maximum Gasteiger partial charge on any atom is 0.335 e. The number of anilines is 1. The van der Waals surface area contributed by atoms with Crippen molar-refractivity contribution in [3.63, 3.8) is 0 Å². The minimum Gasteiger partial charge on any atom is -0.478 e. The summed E-state index contributed by atoms with van der Waals surface area (Å²) in [5, 5.41) is 13.7. The van der Waals surface area contributed by atoms with Crippen LogP contribution in [0.3, 0.4) is 0 Å². The predicted molar refractivity (Wildman–Crippen MR) is 81.5 cm³/mol. The highest BCUT2D eigenvalue weighted by Crippen LogP contribution is 2.52. The van der Waals surface area contributed by atoms with E-state index in [2.05, 4.69) is 10.5 Å². The van der Waals surface area contributed by atoms with E-state index < -0.39 is 5.97 Å². The lowest BCUT2D eigenvalue weighted by Gasteiger charge is -2.50. The SMILES string of the molecule is O=C(O)c1cccc(NN=C2C3CC4CC(C3)CC2C4)c1. The van der Waals surface area contributed by atoms with Crippen LogP contribution in [0.25, 0.3) is 0 Å². The number of carboxylic acids is 1. The monoisotopic (exact) mass is 284 g/mol. The summed E-state index contributed by atoms with van der Waals surface area (Å²) < 4.78 is 0. The van der Waals surface area contributed by atoms with E-state index in [1.165, 1.54) is 37.8 Å². The second-order valence-electron chi connectivity index (χ2n) is 6.84. The first kappa shape index (κ1) is 12.9. The van der Waals surface area contributed by atoms with Crippen LogP contribution >= 0.6 is 0 Å². The summed E-state index contributed by atoms with van der Waals surface area (Å²) in [6.07, 6.45) is 6.67. The fourth-order valence-electron chi connectivity index (χ4n) is 4.70. The van der Waals surface area contributed by atoms with E-state index in [-0.39, 0.29) is 0 Å². The van der Waals surface area contributed by atoms with Crippen molar-refractivity contribution in [2.24, 2.45) is 28.8 Å². The highest BCUT2D eigenvalue weighted by Gasteiger charge is 2.46. The van der Waals surface area contributed by atoms with Crippen LogP contribution in [0.2, 0.25) is 0 Å². The summed E-state index contributed by atoms with van der Waals surface area (Å²) in [6.45, 7) is 0. The molecule has 0 radical (unpaired) electrons. The molecule has 21 heavy (non-hydrogen) atoms. The van der Waals surface area contributed by atoms with Crippen LogP contribution in [0, 0.1) is 23.7 Å². The van der Waals surface area contributed by atoms with Crippen molar-refractivity contribution in [2.75, 3.05) is 5.43 Å². The minimum atomic E-state index is -0.902. The highest BCUT2D eigenvalue weighted by molar-refractivity contribution is 5.92. The summed E-state index contributed by atoms with van der Waals surface area (Å²) in [5.41, 5.74) is 5.49. The van der Waals surface area contributed by atoms with Gasteiger partial charge in [0.25, 0.3) is 0 Å². The Morgan fingerprint density at radius 2 is 1.76 bits per heavy atom. The number of carbonyl (C=O) groups is 1. The zero-order chi connectivity index (χ0) is 14.4. The molecule has 0 heterocycles. The number of hydrazone groups is 1. The molecule has 2 N–H and O–H groups in total. The van der Waals surface area contributed by atoms with Gasteiger partial charge in [-0.05, 0) is 74.0 Å². The van der Waals surface area contributed by atoms with Gasteiger partial charge in [-0.2, -0.15) is 5.10 Å². The van der Waals surface area contributed by atoms with Gasteiger partial charge in [-0.1, -0.05) is 6.07 Å². The molecule has 0 unspecified atom stereocenters. The van der Waals surface area contributed by atoms with Crippen LogP contribution in [-0.4, -0.2) is 16.8 Å². The summed E-state index contributed by atoms with van der Waals surface area (Å²) in [4.78, 5) is 11.0. The van der Waals surface area contributed by atoms with Crippen LogP contribution in [0.5, 0.6) is 0 Å². The normalized spacial score (nSPS) is 33.0. The zero-order valence-electron chi connectivity index (χ0n) is 12.0. The Labute approximate surface area is 124 Å². The highest BCUT2D eigenvalue weighted by atomic mass is 16.4. The molecule has 4 bridgehead atoms. The van der Waals surface area contributed by atoms with Crippen molar-refractivity contribution in [1.82, 2.24) is 0 Å². The van der Waals surface area contributed by atoms with Gasteiger partial charge in [0.2, 0.25) is 0 Å². The Morgan fingerprint density at radius 3 is 2.38 bits per heavy atom. The van der Waals surface area contributed by atoms with Crippen molar-refractivity contribution in [1.29, 1.82) is 0 Å². The van der Waals surface area contributed by atoms with Gasteiger partial charge in [-0.15, -0.1) is 0 Å². The number of nitrogens with one attached hydrogen (secondary N) is 1. The quantitative estimate of drug-likeness (QED) is 0.833. The fourth-order valence-corrected chi connectivity index (χ4v) is 4.70. The van der Waals surface area contributed by atoms with Crippen LogP contribution in [0.1, 0.15) is 42.5 Å². The zero-order valence-corrected chi connectivity index (χ0v) is 12.0. The van der Waals surface area contributed by atoms with Crippen molar-refractivity contribution < 1.29 is 9.90 Å². The third-order valence-corrected chi connectivity index (χ3v) is 5.40. The van der Waals surface area contributed by atoms with Gasteiger partial charge in [0.1, 0.15) is 0 Å². The molecule has 4 aliphatic carbocycles. The molecule has 0 spiro atoms. The topological polar surface area (TPSA) is 61.7 Å². The van der Waals surface area contributed by atoms with Gasteiger partial charge in [0.15, 0.2) is 0 Å². The number of hydrogen-bond donors (Lipinski definition) is 2. The van der Waals surface area contributed by atoms with Crippen molar-refractivity contribution in [3.05, 3.63) is 29.8 Å². The van der Waals surface area contributed by atoms with Gasteiger partial charge in [-0.3, -0.25) is 5.43 Å². The van der Waals surface area contributed by atoms with E-state index in [4.69, 9.17) is 5.11 Å². The van der Waals surface area contributed by atoms with E-state index in [1.807, 2.05) is 6.07 Å².